The van der Waals surface area contributed by atoms with Crippen molar-refractivity contribution in [2.24, 2.45) is 5.73 Å². The monoisotopic (exact) mass is 285 g/mol. The molecule has 0 spiro atoms. The van der Waals surface area contributed by atoms with E-state index in [0.717, 1.165) is 24.9 Å². The maximum atomic E-state index is 12.5. The number of aromatic nitrogens is 1. The summed E-state index contributed by atoms with van der Waals surface area (Å²) in [5.41, 5.74) is 7.43. The lowest BCUT2D eigenvalue weighted by molar-refractivity contribution is 0.0676. The number of aryl methyl sites for hydroxylation is 1. The Balaban J connectivity index is 1.86. The van der Waals surface area contributed by atoms with Crippen LogP contribution in [-0.2, 0) is 0 Å². The lowest BCUT2D eigenvalue weighted by atomic mass is 10.1. The summed E-state index contributed by atoms with van der Waals surface area (Å²) >= 11 is 0. The van der Waals surface area contributed by atoms with Gasteiger partial charge in [0.25, 0.3) is 5.91 Å². The molecule has 1 aliphatic rings. The third kappa shape index (κ3) is 2.83. The summed E-state index contributed by atoms with van der Waals surface area (Å²) in [6, 6.07) is 9.65. The second-order valence-electron chi connectivity index (χ2n) is 5.45. The molecule has 0 unspecified atom stereocenters. The zero-order chi connectivity index (χ0) is 14.8. The predicted octanol–water partition coefficient (Wildman–Crippen LogP) is 2.21. The molecule has 0 radical (unpaired) electrons. The van der Waals surface area contributed by atoms with Crippen molar-refractivity contribution in [3.63, 3.8) is 0 Å². The minimum Gasteiger partial charge on any atom is -0.431 e. The number of piperidine rings is 1. The summed E-state index contributed by atoms with van der Waals surface area (Å²) in [4.78, 5) is 18.7. The van der Waals surface area contributed by atoms with Gasteiger partial charge in [-0.3, -0.25) is 4.79 Å². The molecule has 1 aliphatic heterocycles. The van der Waals surface area contributed by atoms with Crippen LogP contribution in [0.5, 0.6) is 0 Å². The number of hydrogen-bond acceptors (Lipinski definition) is 4. The van der Waals surface area contributed by atoms with Gasteiger partial charge in [0.05, 0.1) is 5.69 Å². The molecule has 2 heterocycles. The number of benzene rings is 1. The molecule has 0 bridgehead atoms. The predicted molar refractivity (Wildman–Crippen MR) is 79.8 cm³/mol. The summed E-state index contributed by atoms with van der Waals surface area (Å²) in [5, 5.41) is 0. The molecule has 5 nitrogen and oxygen atoms in total. The van der Waals surface area contributed by atoms with Gasteiger partial charge in [0.15, 0.2) is 0 Å². The number of nitrogens with zero attached hydrogens (tertiary/aromatic N) is 2. The van der Waals surface area contributed by atoms with Crippen molar-refractivity contribution in [1.82, 2.24) is 9.88 Å². The number of nitrogens with two attached hydrogens (primary N) is 1. The average molecular weight is 285 g/mol. The Morgan fingerprint density at radius 2 is 2.14 bits per heavy atom. The standard InChI is InChI=1S/C16H19N3O2/c1-11-14(16(20)19-9-5-8-13(17)10-19)21-15(18-11)12-6-3-2-4-7-12/h2-4,6-7,13H,5,8-10,17H2,1H3/t13-/m0/s1. The molecule has 110 valence electrons. The van der Waals surface area contributed by atoms with Gasteiger partial charge in [-0.05, 0) is 31.9 Å². The van der Waals surface area contributed by atoms with Gasteiger partial charge in [0.2, 0.25) is 11.7 Å². The van der Waals surface area contributed by atoms with Crippen molar-refractivity contribution in [2.75, 3.05) is 13.1 Å². The van der Waals surface area contributed by atoms with Crippen LogP contribution >= 0.6 is 0 Å². The highest BCUT2D eigenvalue weighted by atomic mass is 16.4. The van der Waals surface area contributed by atoms with Crippen LogP contribution < -0.4 is 5.73 Å². The fourth-order valence-electron chi connectivity index (χ4n) is 2.64. The van der Waals surface area contributed by atoms with Crippen LogP contribution in [0.3, 0.4) is 0 Å². The zero-order valence-corrected chi connectivity index (χ0v) is 12.1. The topological polar surface area (TPSA) is 72.4 Å². The molecule has 1 fully saturated rings. The second kappa shape index (κ2) is 5.69. The molecular weight excluding hydrogens is 266 g/mol. The highest BCUT2D eigenvalue weighted by Gasteiger charge is 2.27. The lowest BCUT2D eigenvalue weighted by Gasteiger charge is -2.30. The van der Waals surface area contributed by atoms with Crippen LogP contribution in [0.4, 0.5) is 0 Å². The largest absolute Gasteiger partial charge is 0.431 e. The van der Waals surface area contributed by atoms with Gasteiger partial charge in [-0.2, -0.15) is 0 Å². The molecule has 21 heavy (non-hydrogen) atoms. The van der Waals surface area contributed by atoms with E-state index in [1.807, 2.05) is 30.3 Å². The van der Waals surface area contributed by atoms with Crippen LogP contribution in [-0.4, -0.2) is 34.9 Å². The number of carbonyl (C=O) groups excluding carboxylic acids is 1. The van der Waals surface area contributed by atoms with Crippen molar-refractivity contribution in [3.05, 3.63) is 41.8 Å². The Bertz CT molecular complexity index is 636. The molecule has 2 N–H and O–H groups in total. The first-order valence-corrected chi connectivity index (χ1v) is 7.23. The Morgan fingerprint density at radius 3 is 2.86 bits per heavy atom. The molecule has 2 aromatic rings. The zero-order valence-electron chi connectivity index (χ0n) is 12.1. The van der Waals surface area contributed by atoms with E-state index in [9.17, 15) is 4.79 Å². The molecule has 1 saturated heterocycles. The van der Waals surface area contributed by atoms with Gasteiger partial charge in [0.1, 0.15) is 0 Å². The van der Waals surface area contributed by atoms with Gasteiger partial charge in [-0.15, -0.1) is 0 Å². The first-order valence-electron chi connectivity index (χ1n) is 7.23. The van der Waals surface area contributed by atoms with Gasteiger partial charge >= 0.3 is 0 Å². The number of rotatable bonds is 2. The van der Waals surface area contributed by atoms with E-state index in [2.05, 4.69) is 4.98 Å². The number of oxazole rings is 1. The van der Waals surface area contributed by atoms with Crippen LogP contribution in [0, 0.1) is 6.92 Å². The summed E-state index contributed by atoms with van der Waals surface area (Å²) < 4.78 is 5.71. The van der Waals surface area contributed by atoms with Gasteiger partial charge in [0, 0.05) is 24.7 Å². The normalized spacial score (nSPS) is 18.8. The third-order valence-electron chi connectivity index (χ3n) is 3.76. The number of amides is 1. The number of carbonyl (C=O) groups is 1. The highest BCUT2D eigenvalue weighted by molar-refractivity contribution is 5.93. The van der Waals surface area contributed by atoms with Crippen LogP contribution in [0.1, 0.15) is 29.1 Å². The summed E-state index contributed by atoms with van der Waals surface area (Å²) in [6.07, 6.45) is 1.90. The maximum Gasteiger partial charge on any atom is 0.291 e. The summed E-state index contributed by atoms with van der Waals surface area (Å²) in [5.74, 6) is 0.693. The van der Waals surface area contributed by atoms with Gasteiger partial charge in [-0.25, -0.2) is 4.98 Å². The smallest absolute Gasteiger partial charge is 0.291 e. The van der Waals surface area contributed by atoms with E-state index in [1.165, 1.54) is 0 Å². The quantitative estimate of drug-likeness (QED) is 0.918. The maximum absolute atomic E-state index is 12.5. The van der Waals surface area contributed by atoms with E-state index in [4.69, 9.17) is 10.2 Å². The van der Waals surface area contributed by atoms with Crippen molar-refractivity contribution in [2.45, 2.75) is 25.8 Å². The van der Waals surface area contributed by atoms with E-state index in [-0.39, 0.29) is 11.9 Å². The Labute approximate surface area is 123 Å². The first-order chi connectivity index (χ1) is 10.1. The molecule has 0 aliphatic carbocycles. The van der Waals surface area contributed by atoms with Crippen molar-refractivity contribution in [1.29, 1.82) is 0 Å². The lowest BCUT2D eigenvalue weighted by Crippen LogP contribution is -2.45. The fourth-order valence-corrected chi connectivity index (χ4v) is 2.64. The molecule has 1 atom stereocenters. The third-order valence-corrected chi connectivity index (χ3v) is 3.76. The SMILES string of the molecule is Cc1nc(-c2ccccc2)oc1C(=O)N1CCC[C@H](N)C1. The van der Waals surface area contributed by atoms with Crippen molar-refractivity contribution >= 4 is 5.91 Å². The fraction of sp³-hybridized carbons (Fsp3) is 0.375. The summed E-state index contributed by atoms with van der Waals surface area (Å²) in [7, 11) is 0. The Kier molecular flexibility index (Phi) is 3.75. The van der Waals surface area contributed by atoms with E-state index < -0.39 is 0 Å². The number of hydrogen-bond donors (Lipinski definition) is 1. The van der Waals surface area contributed by atoms with Gasteiger partial charge in [-0.1, -0.05) is 18.2 Å². The average Bonchev–Trinajstić information content (AvgIpc) is 2.89. The Morgan fingerprint density at radius 1 is 1.38 bits per heavy atom. The first kappa shape index (κ1) is 13.8. The van der Waals surface area contributed by atoms with Crippen LogP contribution in [0.15, 0.2) is 34.7 Å². The molecular formula is C16H19N3O2. The van der Waals surface area contributed by atoms with Crippen molar-refractivity contribution < 1.29 is 9.21 Å². The van der Waals surface area contributed by atoms with Crippen LogP contribution in [0.25, 0.3) is 11.5 Å². The Hall–Kier alpha value is -2.14. The van der Waals surface area contributed by atoms with E-state index in [1.54, 1.807) is 11.8 Å². The molecule has 3 rings (SSSR count). The summed E-state index contributed by atoms with van der Waals surface area (Å²) in [6.45, 7) is 3.11. The number of likely N-dealkylation sites (tertiary alicyclic amines) is 1. The molecule has 1 amide bonds. The minimum absolute atomic E-state index is 0.0551. The molecule has 1 aromatic heterocycles. The highest BCUT2D eigenvalue weighted by Crippen LogP contribution is 2.23. The van der Waals surface area contributed by atoms with Gasteiger partial charge < -0.3 is 15.1 Å². The van der Waals surface area contributed by atoms with Crippen molar-refractivity contribution in [3.8, 4) is 11.5 Å². The van der Waals surface area contributed by atoms with E-state index >= 15 is 0 Å². The molecule has 1 aromatic carbocycles. The minimum atomic E-state index is -0.114. The second-order valence-corrected chi connectivity index (χ2v) is 5.45. The molecule has 5 heteroatoms. The molecule has 0 saturated carbocycles. The van der Waals surface area contributed by atoms with E-state index in [0.29, 0.717) is 23.9 Å². The van der Waals surface area contributed by atoms with Crippen LogP contribution in [0.2, 0.25) is 0 Å².